The van der Waals surface area contributed by atoms with Gasteiger partial charge in [0.1, 0.15) is 0 Å². The minimum absolute atomic E-state index is 0. The van der Waals surface area contributed by atoms with Crippen molar-refractivity contribution in [1.82, 2.24) is 15.5 Å². The topological polar surface area (TPSA) is 48.9 Å². The Hall–Kier alpha value is -0.0800. The molecular weight excluding hydrogens is 355 g/mol. The fraction of sp³-hybridized carbons (Fsp3) is 0.923. The summed E-state index contributed by atoms with van der Waals surface area (Å²) in [6.07, 6.45) is 2.10. The van der Waals surface area contributed by atoms with Gasteiger partial charge < -0.3 is 20.3 Å². The molecule has 0 rings (SSSR count). The SMILES string of the molecule is CCNC(=NCCCOCC)NCCCN(C)C.I. The van der Waals surface area contributed by atoms with Gasteiger partial charge in [-0.05, 0) is 47.3 Å². The predicted molar refractivity (Wildman–Crippen MR) is 93.7 cm³/mol. The third-order valence-electron chi connectivity index (χ3n) is 2.34. The van der Waals surface area contributed by atoms with E-state index in [0.29, 0.717) is 0 Å². The highest BCUT2D eigenvalue weighted by atomic mass is 127. The van der Waals surface area contributed by atoms with Crippen molar-refractivity contribution in [2.75, 3.05) is 53.5 Å². The van der Waals surface area contributed by atoms with Gasteiger partial charge in [0, 0.05) is 32.8 Å². The first-order chi connectivity index (χ1) is 8.70. The van der Waals surface area contributed by atoms with Crippen LogP contribution in [-0.4, -0.2) is 64.3 Å². The molecule has 116 valence electrons. The summed E-state index contributed by atoms with van der Waals surface area (Å²) in [4.78, 5) is 6.69. The quantitative estimate of drug-likeness (QED) is 0.259. The molecule has 0 radical (unpaired) electrons. The van der Waals surface area contributed by atoms with Gasteiger partial charge in [-0.3, -0.25) is 4.99 Å². The lowest BCUT2D eigenvalue weighted by atomic mass is 10.4. The van der Waals surface area contributed by atoms with E-state index >= 15 is 0 Å². The lowest BCUT2D eigenvalue weighted by Crippen LogP contribution is -2.38. The van der Waals surface area contributed by atoms with Crippen molar-refractivity contribution >= 4 is 29.9 Å². The minimum Gasteiger partial charge on any atom is -0.382 e. The molecule has 0 aromatic carbocycles. The minimum atomic E-state index is 0. The number of guanidine groups is 1. The van der Waals surface area contributed by atoms with Crippen molar-refractivity contribution in [2.45, 2.75) is 26.7 Å². The number of rotatable bonds is 10. The number of hydrogen-bond donors (Lipinski definition) is 2. The second kappa shape index (κ2) is 16.0. The van der Waals surface area contributed by atoms with Crippen LogP contribution in [0.4, 0.5) is 0 Å². The van der Waals surface area contributed by atoms with Crippen LogP contribution in [0.3, 0.4) is 0 Å². The van der Waals surface area contributed by atoms with Crippen LogP contribution in [0, 0.1) is 0 Å². The summed E-state index contributed by atoms with van der Waals surface area (Å²) in [7, 11) is 4.18. The zero-order valence-electron chi connectivity index (χ0n) is 12.9. The van der Waals surface area contributed by atoms with Gasteiger partial charge in [0.05, 0.1) is 0 Å². The number of halogens is 1. The number of ether oxygens (including phenoxy) is 1. The van der Waals surface area contributed by atoms with E-state index in [4.69, 9.17) is 4.74 Å². The summed E-state index contributed by atoms with van der Waals surface area (Å²) in [6.45, 7) is 9.42. The summed E-state index contributed by atoms with van der Waals surface area (Å²) in [5.74, 6) is 0.910. The molecule has 19 heavy (non-hydrogen) atoms. The van der Waals surface area contributed by atoms with Crippen molar-refractivity contribution in [3.05, 3.63) is 0 Å². The highest BCUT2D eigenvalue weighted by Gasteiger charge is 1.96. The van der Waals surface area contributed by atoms with E-state index in [0.717, 1.165) is 58.2 Å². The summed E-state index contributed by atoms with van der Waals surface area (Å²) in [5.41, 5.74) is 0. The van der Waals surface area contributed by atoms with Gasteiger partial charge in [0.15, 0.2) is 5.96 Å². The Balaban J connectivity index is 0. The van der Waals surface area contributed by atoms with Crippen LogP contribution < -0.4 is 10.6 Å². The number of nitrogens with zero attached hydrogens (tertiary/aromatic N) is 2. The normalized spacial score (nSPS) is 11.3. The maximum absolute atomic E-state index is 5.28. The van der Waals surface area contributed by atoms with Gasteiger partial charge in [-0.25, -0.2) is 0 Å². The van der Waals surface area contributed by atoms with E-state index in [1.54, 1.807) is 0 Å². The smallest absolute Gasteiger partial charge is 0.191 e. The molecule has 2 N–H and O–H groups in total. The second-order valence-electron chi connectivity index (χ2n) is 4.39. The molecule has 0 spiro atoms. The third-order valence-corrected chi connectivity index (χ3v) is 2.34. The zero-order valence-corrected chi connectivity index (χ0v) is 15.2. The molecule has 0 unspecified atom stereocenters. The predicted octanol–water partition coefficient (Wildman–Crippen LogP) is 1.54. The monoisotopic (exact) mass is 386 g/mol. The van der Waals surface area contributed by atoms with Crippen LogP contribution in [0.1, 0.15) is 26.7 Å². The van der Waals surface area contributed by atoms with E-state index in [-0.39, 0.29) is 24.0 Å². The third kappa shape index (κ3) is 15.9. The molecular formula is C13H31IN4O. The summed E-state index contributed by atoms with van der Waals surface area (Å²) in [6, 6.07) is 0. The van der Waals surface area contributed by atoms with E-state index in [1.165, 1.54) is 0 Å². The Morgan fingerprint density at radius 2 is 1.89 bits per heavy atom. The average molecular weight is 386 g/mol. The van der Waals surface area contributed by atoms with Gasteiger partial charge in [0.25, 0.3) is 0 Å². The van der Waals surface area contributed by atoms with Crippen LogP contribution >= 0.6 is 24.0 Å². The molecule has 0 aromatic rings. The first-order valence-corrected chi connectivity index (χ1v) is 6.95. The number of aliphatic imine (C=N–C) groups is 1. The molecule has 0 aliphatic heterocycles. The van der Waals surface area contributed by atoms with Crippen LogP contribution in [0.15, 0.2) is 4.99 Å². The molecule has 0 fully saturated rings. The zero-order chi connectivity index (χ0) is 13.6. The van der Waals surface area contributed by atoms with E-state index < -0.39 is 0 Å². The Bertz CT molecular complexity index is 213. The van der Waals surface area contributed by atoms with E-state index in [2.05, 4.69) is 41.5 Å². The molecule has 5 nitrogen and oxygen atoms in total. The molecule has 0 atom stereocenters. The van der Waals surface area contributed by atoms with Crippen LogP contribution in [0.5, 0.6) is 0 Å². The summed E-state index contributed by atoms with van der Waals surface area (Å²) >= 11 is 0. The van der Waals surface area contributed by atoms with Gasteiger partial charge in [-0.2, -0.15) is 0 Å². The maximum Gasteiger partial charge on any atom is 0.191 e. The molecule has 0 aromatic heterocycles. The molecule has 0 bridgehead atoms. The highest BCUT2D eigenvalue weighted by Crippen LogP contribution is 1.85. The summed E-state index contributed by atoms with van der Waals surface area (Å²) in [5, 5.41) is 6.58. The highest BCUT2D eigenvalue weighted by molar-refractivity contribution is 14.0. The maximum atomic E-state index is 5.28. The standard InChI is InChI=1S/C13H30N4O.HI/c1-5-14-13(15-9-7-11-17(3)4)16-10-8-12-18-6-2;/h5-12H2,1-4H3,(H2,14,15,16);1H. The first kappa shape index (κ1) is 21.2. The molecule has 0 aliphatic carbocycles. The van der Waals surface area contributed by atoms with Gasteiger partial charge in [-0.1, -0.05) is 0 Å². The van der Waals surface area contributed by atoms with Gasteiger partial charge in [-0.15, -0.1) is 24.0 Å². The van der Waals surface area contributed by atoms with E-state index in [9.17, 15) is 0 Å². The molecule has 0 aliphatic rings. The molecule has 0 amide bonds. The Morgan fingerprint density at radius 1 is 1.16 bits per heavy atom. The van der Waals surface area contributed by atoms with Crippen molar-refractivity contribution in [2.24, 2.45) is 4.99 Å². The fourth-order valence-electron chi connectivity index (χ4n) is 1.45. The van der Waals surface area contributed by atoms with Crippen LogP contribution in [-0.2, 0) is 4.74 Å². The summed E-state index contributed by atoms with van der Waals surface area (Å²) < 4.78 is 5.28. The number of hydrogen-bond acceptors (Lipinski definition) is 3. The van der Waals surface area contributed by atoms with Crippen molar-refractivity contribution in [3.63, 3.8) is 0 Å². The lowest BCUT2D eigenvalue weighted by molar-refractivity contribution is 0.146. The first-order valence-electron chi connectivity index (χ1n) is 6.95. The van der Waals surface area contributed by atoms with Crippen molar-refractivity contribution in [1.29, 1.82) is 0 Å². The molecule has 0 heterocycles. The fourth-order valence-corrected chi connectivity index (χ4v) is 1.45. The van der Waals surface area contributed by atoms with E-state index in [1.807, 2.05) is 6.92 Å². The average Bonchev–Trinajstić information content (AvgIpc) is 2.33. The second-order valence-corrected chi connectivity index (χ2v) is 4.39. The van der Waals surface area contributed by atoms with Crippen molar-refractivity contribution < 1.29 is 4.74 Å². The Morgan fingerprint density at radius 3 is 2.47 bits per heavy atom. The number of nitrogens with one attached hydrogen (secondary N) is 2. The Kier molecular flexibility index (Phi) is 17.8. The van der Waals surface area contributed by atoms with Crippen LogP contribution in [0.2, 0.25) is 0 Å². The Labute approximate surface area is 135 Å². The lowest BCUT2D eigenvalue weighted by Gasteiger charge is -2.13. The molecule has 0 saturated carbocycles. The molecule has 6 heteroatoms. The van der Waals surface area contributed by atoms with Gasteiger partial charge in [0.2, 0.25) is 0 Å². The van der Waals surface area contributed by atoms with Crippen molar-refractivity contribution in [3.8, 4) is 0 Å². The van der Waals surface area contributed by atoms with Gasteiger partial charge >= 0.3 is 0 Å². The largest absolute Gasteiger partial charge is 0.382 e. The molecule has 0 saturated heterocycles. The van der Waals surface area contributed by atoms with Crippen LogP contribution in [0.25, 0.3) is 0 Å².